The number of hydrogen-bond acceptors (Lipinski definition) is 1. The van der Waals surface area contributed by atoms with Crippen molar-refractivity contribution in [1.29, 1.82) is 0 Å². The van der Waals surface area contributed by atoms with Gasteiger partial charge in [0.15, 0.2) is 0 Å². The average molecular weight is 138 g/mol. The zero-order chi connectivity index (χ0) is 7.19. The largest absolute Gasteiger partial charge is 0.300 e. The van der Waals surface area contributed by atoms with E-state index in [0.717, 1.165) is 12.3 Å². The van der Waals surface area contributed by atoms with Crippen molar-refractivity contribution in [2.24, 2.45) is 11.3 Å². The van der Waals surface area contributed by atoms with Gasteiger partial charge in [0.2, 0.25) is 0 Å². The van der Waals surface area contributed by atoms with Crippen molar-refractivity contribution in [3.8, 4) is 0 Å². The van der Waals surface area contributed by atoms with Gasteiger partial charge in [-0.15, -0.1) is 0 Å². The molecule has 0 amide bonds. The lowest BCUT2D eigenvalue weighted by Crippen LogP contribution is -2.04. The lowest BCUT2D eigenvalue weighted by atomic mass is 9.97. The van der Waals surface area contributed by atoms with E-state index in [1.165, 1.54) is 25.7 Å². The maximum absolute atomic E-state index is 10.8. The highest BCUT2D eigenvalue weighted by atomic mass is 16.1. The van der Waals surface area contributed by atoms with Crippen LogP contribution in [0.25, 0.3) is 0 Å². The second kappa shape index (κ2) is 1.84. The maximum Gasteiger partial charge on any atom is 0.130 e. The van der Waals surface area contributed by atoms with Gasteiger partial charge in [0.25, 0.3) is 0 Å². The van der Waals surface area contributed by atoms with Crippen LogP contribution < -0.4 is 0 Å². The Kier molecular flexibility index (Phi) is 1.17. The molecule has 2 saturated carbocycles. The average Bonchev–Trinajstić information content (AvgIpc) is 2.33. The molecule has 0 saturated heterocycles. The van der Waals surface area contributed by atoms with Crippen molar-refractivity contribution >= 4 is 5.78 Å². The number of fused-ring (bicyclic) bond motifs is 1. The molecule has 0 bridgehead atoms. The molecule has 1 nitrogen and oxygen atoms in total. The summed E-state index contributed by atoms with van der Waals surface area (Å²) in [7, 11) is 0. The first-order chi connectivity index (χ1) is 4.73. The molecule has 0 aliphatic heterocycles. The standard InChI is InChI=1S/C9H14O/c1-7(10)5-9-4-2-3-8(9)6-9/h8H,2-6H2,1H3. The summed E-state index contributed by atoms with van der Waals surface area (Å²) < 4.78 is 0. The van der Waals surface area contributed by atoms with E-state index in [9.17, 15) is 4.79 Å². The third kappa shape index (κ3) is 0.799. The Labute approximate surface area is 61.8 Å². The van der Waals surface area contributed by atoms with Gasteiger partial charge in [-0.1, -0.05) is 6.42 Å². The molecule has 0 aromatic heterocycles. The van der Waals surface area contributed by atoms with Crippen LogP contribution in [0.15, 0.2) is 0 Å². The predicted octanol–water partition coefficient (Wildman–Crippen LogP) is 2.16. The minimum absolute atomic E-state index is 0.393. The summed E-state index contributed by atoms with van der Waals surface area (Å²) in [6.07, 6.45) is 6.33. The molecule has 0 spiro atoms. The van der Waals surface area contributed by atoms with Crippen LogP contribution >= 0.6 is 0 Å². The summed E-state index contributed by atoms with van der Waals surface area (Å²) in [6.45, 7) is 1.72. The Bertz CT molecular complexity index is 174. The smallest absolute Gasteiger partial charge is 0.130 e. The second-order valence-electron chi connectivity index (χ2n) is 4.03. The highest BCUT2D eigenvalue weighted by Gasteiger charge is 2.56. The Morgan fingerprint density at radius 1 is 1.70 bits per heavy atom. The number of Topliss-reactive ketones (excluding diaryl/α,β-unsaturated/α-hetero) is 1. The van der Waals surface area contributed by atoms with Crippen LogP contribution in [-0.2, 0) is 4.79 Å². The van der Waals surface area contributed by atoms with E-state index in [2.05, 4.69) is 0 Å². The Balaban J connectivity index is 1.99. The minimum atomic E-state index is 0.393. The van der Waals surface area contributed by atoms with Gasteiger partial charge in [0, 0.05) is 6.42 Å². The molecule has 2 atom stereocenters. The van der Waals surface area contributed by atoms with Crippen molar-refractivity contribution in [2.45, 2.75) is 39.0 Å². The number of hydrogen-bond donors (Lipinski definition) is 0. The molecule has 1 heteroatoms. The molecule has 0 heterocycles. The van der Waals surface area contributed by atoms with Crippen LogP contribution in [-0.4, -0.2) is 5.78 Å². The quantitative estimate of drug-likeness (QED) is 0.571. The van der Waals surface area contributed by atoms with Gasteiger partial charge in [-0.3, -0.25) is 0 Å². The van der Waals surface area contributed by atoms with Gasteiger partial charge in [0.1, 0.15) is 5.78 Å². The van der Waals surface area contributed by atoms with Crippen LogP contribution in [0.2, 0.25) is 0 Å². The van der Waals surface area contributed by atoms with Crippen molar-refractivity contribution < 1.29 is 4.79 Å². The summed E-state index contributed by atoms with van der Waals surface area (Å²) in [5.41, 5.74) is 0.534. The van der Waals surface area contributed by atoms with Gasteiger partial charge in [-0.25, -0.2) is 0 Å². The van der Waals surface area contributed by atoms with Crippen LogP contribution in [0.1, 0.15) is 39.0 Å². The molecular weight excluding hydrogens is 124 g/mol. The molecule has 2 rings (SSSR count). The molecule has 0 aromatic rings. The van der Waals surface area contributed by atoms with Crippen LogP contribution in [0.3, 0.4) is 0 Å². The molecule has 2 aliphatic rings. The predicted molar refractivity (Wildman–Crippen MR) is 39.7 cm³/mol. The van der Waals surface area contributed by atoms with Gasteiger partial charge in [0.05, 0.1) is 0 Å². The van der Waals surface area contributed by atoms with Crippen LogP contribution in [0.5, 0.6) is 0 Å². The summed E-state index contributed by atoms with van der Waals surface area (Å²) >= 11 is 0. The third-order valence-corrected chi connectivity index (χ3v) is 3.19. The highest BCUT2D eigenvalue weighted by Crippen LogP contribution is 2.65. The lowest BCUT2D eigenvalue weighted by Gasteiger charge is -2.06. The molecule has 2 aliphatic carbocycles. The number of ketones is 1. The molecular formula is C9H14O. The SMILES string of the molecule is CC(=O)CC12CCCC1C2. The molecule has 0 N–H and O–H groups in total. The topological polar surface area (TPSA) is 17.1 Å². The van der Waals surface area contributed by atoms with E-state index in [-0.39, 0.29) is 0 Å². The number of carbonyl (C=O) groups excluding carboxylic acids is 1. The summed E-state index contributed by atoms with van der Waals surface area (Å²) in [5.74, 6) is 1.33. The Morgan fingerprint density at radius 2 is 2.50 bits per heavy atom. The van der Waals surface area contributed by atoms with Gasteiger partial charge in [-0.2, -0.15) is 0 Å². The normalized spacial score (nSPS) is 43.1. The van der Waals surface area contributed by atoms with E-state index in [1.54, 1.807) is 6.92 Å². The molecule has 0 aromatic carbocycles. The molecule has 2 fully saturated rings. The van der Waals surface area contributed by atoms with Crippen molar-refractivity contribution in [3.63, 3.8) is 0 Å². The van der Waals surface area contributed by atoms with E-state index in [4.69, 9.17) is 0 Å². The van der Waals surface area contributed by atoms with Gasteiger partial charge < -0.3 is 4.79 Å². The molecule has 56 valence electrons. The summed E-state index contributed by atoms with van der Waals surface area (Å²) in [6, 6.07) is 0. The fourth-order valence-corrected chi connectivity index (χ4v) is 2.65. The highest BCUT2D eigenvalue weighted by molar-refractivity contribution is 5.76. The Morgan fingerprint density at radius 3 is 2.90 bits per heavy atom. The van der Waals surface area contributed by atoms with Crippen molar-refractivity contribution in [2.75, 3.05) is 0 Å². The van der Waals surface area contributed by atoms with E-state index >= 15 is 0 Å². The lowest BCUT2D eigenvalue weighted by molar-refractivity contribution is -0.118. The maximum atomic E-state index is 10.8. The number of rotatable bonds is 2. The van der Waals surface area contributed by atoms with Crippen LogP contribution in [0, 0.1) is 11.3 Å². The van der Waals surface area contributed by atoms with Crippen molar-refractivity contribution in [1.82, 2.24) is 0 Å². The fraction of sp³-hybridized carbons (Fsp3) is 0.889. The van der Waals surface area contributed by atoms with Crippen LogP contribution in [0.4, 0.5) is 0 Å². The van der Waals surface area contributed by atoms with E-state index in [1.807, 2.05) is 0 Å². The Hall–Kier alpha value is -0.330. The molecule has 10 heavy (non-hydrogen) atoms. The zero-order valence-corrected chi connectivity index (χ0v) is 6.52. The zero-order valence-electron chi connectivity index (χ0n) is 6.52. The van der Waals surface area contributed by atoms with Crippen molar-refractivity contribution in [3.05, 3.63) is 0 Å². The monoisotopic (exact) mass is 138 g/mol. The van der Waals surface area contributed by atoms with Gasteiger partial charge >= 0.3 is 0 Å². The number of carbonyl (C=O) groups is 1. The molecule has 0 radical (unpaired) electrons. The second-order valence-corrected chi connectivity index (χ2v) is 4.03. The third-order valence-electron chi connectivity index (χ3n) is 3.19. The first kappa shape index (κ1) is 6.38. The first-order valence-corrected chi connectivity index (χ1v) is 4.22. The fourth-order valence-electron chi connectivity index (χ4n) is 2.65. The van der Waals surface area contributed by atoms with E-state index in [0.29, 0.717) is 11.2 Å². The minimum Gasteiger partial charge on any atom is -0.300 e. The summed E-state index contributed by atoms with van der Waals surface area (Å²) in [5, 5.41) is 0. The molecule has 2 unspecified atom stereocenters. The first-order valence-electron chi connectivity index (χ1n) is 4.22. The van der Waals surface area contributed by atoms with Gasteiger partial charge in [-0.05, 0) is 37.5 Å². The summed E-state index contributed by atoms with van der Waals surface area (Å²) in [4.78, 5) is 10.8. The van der Waals surface area contributed by atoms with E-state index < -0.39 is 0 Å².